The second-order valence-corrected chi connectivity index (χ2v) is 8.22. The number of nitrogens with zero attached hydrogens (tertiary/aromatic N) is 3. The molecule has 0 radical (unpaired) electrons. The van der Waals surface area contributed by atoms with Crippen molar-refractivity contribution in [3.63, 3.8) is 0 Å². The summed E-state index contributed by atoms with van der Waals surface area (Å²) >= 11 is 0. The van der Waals surface area contributed by atoms with Crippen LogP contribution < -0.4 is 10.9 Å². The third kappa shape index (κ3) is 4.39. The number of rotatable bonds is 6. The summed E-state index contributed by atoms with van der Waals surface area (Å²) < 4.78 is 1.39. The van der Waals surface area contributed by atoms with E-state index >= 15 is 0 Å². The zero-order valence-electron chi connectivity index (χ0n) is 19.3. The van der Waals surface area contributed by atoms with Crippen molar-refractivity contribution in [2.24, 2.45) is 0 Å². The van der Waals surface area contributed by atoms with Crippen LogP contribution in [0.2, 0.25) is 0 Å². The number of fused-ring (bicyclic) bond motifs is 1. The van der Waals surface area contributed by atoms with E-state index < -0.39 is 5.97 Å². The maximum absolute atomic E-state index is 13.1. The Morgan fingerprint density at radius 2 is 1.72 bits per heavy atom. The molecule has 5 rings (SSSR count). The summed E-state index contributed by atoms with van der Waals surface area (Å²) in [6, 6.07) is 22.7. The Balaban J connectivity index is 1.59. The Hall–Kier alpha value is -4.98. The van der Waals surface area contributed by atoms with Crippen LogP contribution in [0.25, 0.3) is 33.3 Å². The number of aromatic nitrogens is 3. The van der Waals surface area contributed by atoms with Crippen LogP contribution in [0.4, 0.5) is 11.4 Å². The minimum absolute atomic E-state index is 0.0101. The van der Waals surface area contributed by atoms with Crippen molar-refractivity contribution < 1.29 is 15.0 Å². The van der Waals surface area contributed by atoms with Gasteiger partial charge in [-0.15, -0.1) is 0 Å². The Kier molecular flexibility index (Phi) is 5.92. The summed E-state index contributed by atoms with van der Waals surface area (Å²) in [5.41, 5.74) is 4.24. The molecule has 0 aliphatic rings. The summed E-state index contributed by atoms with van der Waals surface area (Å²) in [6.45, 7) is 2.23. The molecule has 0 aliphatic carbocycles. The van der Waals surface area contributed by atoms with Crippen molar-refractivity contribution in [1.29, 1.82) is 0 Å². The molecule has 3 aromatic carbocycles. The monoisotopic (exact) mass is 478 g/mol. The number of aromatic hydroxyl groups is 1. The van der Waals surface area contributed by atoms with E-state index in [0.29, 0.717) is 29.1 Å². The van der Waals surface area contributed by atoms with E-state index in [1.807, 2.05) is 61.5 Å². The summed E-state index contributed by atoms with van der Waals surface area (Å²) in [5, 5.41) is 28.0. The highest BCUT2D eigenvalue weighted by molar-refractivity contribution is 5.93. The van der Waals surface area contributed by atoms with Crippen LogP contribution in [-0.2, 0) is 6.54 Å². The van der Waals surface area contributed by atoms with Crippen molar-refractivity contribution in [1.82, 2.24) is 14.8 Å². The SMILES string of the molecule is CCn1nc(-c2cccc(-c3cc(O)cc(C(=O)O)c3)c2)cc(Nc2cccc3ncccc23)c1=O. The molecular formula is C28H22N4O4. The first kappa shape index (κ1) is 22.8. The second kappa shape index (κ2) is 9.34. The fourth-order valence-corrected chi connectivity index (χ4v) is 4.10. The van der Waals surface area contributed by atoms with E-state index in [-0.39, 0.29) is 16.9 Å². The molecule has 178 valence electrons. The smallest absolute Gasteiger partial charge is 0.335 e. The van der Waals surface area contributed by atoms with Gasteiger partial charge in [0, 0.05) is 29.4 Å². The molecule has 5 aromatic rings. The Morgan fingerprint density at radius 1 is 0.917 bits per heavy atom. The number of hydrogen-bond donors (Lipinski definition) is 3. The number of phenolic OH excluding ortho intramolecular Hbond substituents is 1. The van der Waals surface area contributed by atoms with Gasteiger partial charge in [-0.3, -0.25) is 9.78 Å². The number of benzene rings is 3. The predicted octanol–water partition coefficient (Wildman–Crippen LogP) is 5.29. The molecule has 0 unspecified atom stereocenters. The molecule has 2 heterocycles. The molecule has 8 nitrogen and oxygen atoms in total. The summed E-state index contributed by atoms with van der Waals surface area (Å²) in [5.74, 6) is -1.26. The molecule has 0 aliphatic heterocycles. The van der Waals surface area contributed by atoms with Crippen LogP contribution in [0.15, 0.2) is 89.9 Å². The van der Waals surface area contributed by atoms with Gasteiger partial charge in [-0.1, -0.05) is 24.3 Å². The first-order valence-corrected chi connectivity index (χ1v) is 11.3. The molecule has 0 spiro atoms. The van der Waals surface area contributed by atoms with Crippen LogP contribution in [0.1, 0.15) is 17.3 Å². The van der Waals surface area contributed by atoms with Crippen LogP contribution >= 0.6 is 0 Å². The zero-order chi connectivity index (χ0) is 25.2. The topological polar surface area (TPSA) is 117 Å². The number of nitrogens with one attached hydrogen (secondary N) is 1. The highest BCUT2D eigenvalue weighted by Crippen LogP contribution is 2.30. The summed E-state index contributed by atoms with van der Waals surface area (Å²) in [4.78, 5) is 28.9. The van der Waals surface area contributed by atoms with Gasteiger partial charge in [0.1, 0.15) is 11.4 Å². The molecule has 0 bridgehead atoms. The molecule has 0 amide bonds. The van der Waals surface area contributed by atoms with Gasteiger partial charge in [0.25, 0.3) is 5.56 Å². The van der Waals surface area contributed by atoms with Gasteiger partial charge in [-0.05, 0) is 72.6 Å². The van der Waals surface area contributed by atoms with Gasteiger partial charge < -0.3 is 15.5 Å². The lowest BCUT2D eigenvalue weighted by molar-refractivity contribution is 0.0696. The predicted molar refractivity (Wildman–Crippen MR) is 139 cm³/mol. The number of carboxylic acids is 1. The number of anilines is 2. The van der Waals surface area contributed by atoms with Gasteiger partial charge >= 0.3 is 5.97 Å². The minimum Gasteiger partial charge on any atom is -0.508 e. The normalized spacial score (nSPS) is 10.9. The van der Waals surface area contributed by atoms with Crippen LogP contribution in [0.5, 0.6) is 5.75 Å². The van der Waals surface area contributed by atoms with Gasteiger partial charge in [0.2, 0.25) is 0 Å². The number of carboxylic acid groups (broad SMARTS) is 1. The maximum Gasteiger partial charge on any atom is 0.335 e. The number of hydrogen-bond acceptors (Lipinski definition) is 6. The van der Waals surface area contributed by atoms with Crippen molar-refractivity contribution in [2.75, 3.05) is 5.32 Å². The van der Waals surface area contributed by atoms with E-state index in [1.54, 1.807) is 12.3 Å². The minimum atomic E-state index is -1.13. The largest absolute Gasteiger partial charge is 0.508 e. The van der Waals surface area contributed by atoms with Gasteiger partial charge in [0.05, 0.1) is 16.8 Å². The van der Waals surface area contributed by atoms with Crippen LogP contribution in [-0.4, -0.2) is 30.9 Å². The van der Waals surface area contributed by atoms with Crippen LogP contribution in [0, 0.1) is 0 Å². The Bertz CT molecular complexity index is 1670. The van der Waals surface area contributed by atoms with Crippen molar-refractivity contribution in [3.05, 3.63) is 101 Å². The molecule has 0 saturated heterocycles. The van der Waals surface area contributed by atoms with Crippen molar-refractivity contribution >= 4 is 28.2 Å². The summed E-state index contributed by atoms with van der Waals surface area (Å²) in [6.07, 6.45) is 1.72. The Morgan fingerprint density at radius 3 is 2.53 bits per heavy atom. The van der Waals surface area contributed by atoms with Gasteiger partial charge in [-0.25, -0.2) is 9.48 Å². The van der Waals surface area contributed by atoms with E-state index in [1.165, 1.54) is 22.9 Å². The second-order valence-electron chi connectivity index (χ2n) is 8.22. The molecule has 36 heavy (non-hydrogen) atoms. The summed E-state index contributed by atoms with van der Waals surface area (Å²) in [7, 11) is 0. The number of pyridine rings is 1. The maximum atomic E-state index is 13.1. The highest BCUT2D eigenvalue weighted by atomic mass is 16.4. The van der Waals surface area contributed by atoms with Crippen molar-refractivity contribution in [3.8, 4) is 28.1 Å². The fraction of sp³-hybridized carbons (Fsp3) is 0.0714. The number of aromatic carboxylic acids is 1. The third-order valence-corrected chi connectivity index (χ3v) is 5.85. The van der Waals surface area contributed by atoms with E-state index in [0.717, 1.165) is 22.2 Å². The molecule has 3 N–H and O–H groups in total. The lowest BCUT2D eigenvalue weighted by Crippen LogP contribution is -2.24. The highest BCUT2D eigenvalue weighted by Gasteiger charge is 2.13. The molecular weight excluding hydrogens is 456 g/mol. The lowest BCUT2D eigenvalue weighted by Gasteiger charge is -2.13. The zero-order valence-corrected chi connectivity index (χ0v) is 19.3. The van der Waals surface area contributed by atoms with E-state index in [2.05, 4.69) is 15.4 Å². The molecule has 0 atom stereocenters. The number of aryl methyl sites for hydroxylation is 1. The third-order valence-electron chi connectivity index (χ3n) is 5.85. The standard InChI is InChI=1S/C28H22N4O4/c1-2-32-27(34)26(30-24-10-4-9-23-22(24)8-5-11-29-23)16-25(31-32)18-7-3-6-17(12-18)19-13-20(28(35)36)15-21(33)14-19/h3-16,30,33H,2H2,1H3,(H,35,36). The van der Waals surface area contributed by atoms with Crippen LogP contribution in [0.3, 0.4) is 0 Å². The lowest BCUT2D eigenvalue weighted by atomic mass is 9.99. The van der Waals surface area contributed by atoms with Gasteiger partial charge in [-0.2, -0.15) is 5.10 Å². The number of phenols is 1. The first-order chi connectivity index (χ1) is 17.4. The van der Waals surface area contributed by atoms with Gasteiger partial charge in [0.15, 0.2) is 0 Å². The Labute approximate surface area is 206 Å². The average molecular weight is 479 g/mol. The average Bonchev–Trinajstić information content (AvgIpc) is 2.89. The van der Waals surface area contributed by atoms with E-state index in [4.69, 9.17) is 0 Å². The van der Waals surface area contributed by atoms with E-state index in [9.17, 15) is 19.8 Å². The van der Waals surface area contributed by atoms with Crippen molar-refractivity contribution in [2.45, 2.75) is 13.5 Å². The fourth-order valence-electron chi connectivity index (χ4n) is 4.10. The first-order valence-electron chi connectivity index (χ1n) is 11.3. The molecule has 0 fully saturated rings. The quantitative estimate of drug-likeness (QED) is 0.303. The molecule has 8 heteroatoms. The number of carbonyl (C=O) groups is 1. The molecule has 0 saturated carbocycles. The molecule has 2 aromatic heterocycles.